The van der Waals surface area contributed by atoms with Gasteiger partial charge in [-0.15, -0.1) is 11.3 Å². The third-order valence-corrected chi connectivity index (χ3v) is 3.96. The molecule has 18 heavy (non-hydrogen) atoms. The first kappa shape index (κ1) is 15.0. The topological polar surface area (TPSA) is 57.6 Å². The first-order valence-electron chi connectivity index (χ1n) is 5.64. The van der Waals surface area contributed by atoms with E-state index in [2.05, 4.69) is 0 Å². The van der Waals surface area contributed by atoms with E-state index in [0.29, 0.717) is 13.0 Å². The molecule has 0 bridgehead atoms. The van der Waals surface area contributed by atoms with E-state index >= 15 is 0 Å². The standard InChI is InChI=1S/C12H17NO3S2/c1-17-8-5-11(14)13(9-12(15)16)6-4-10-3-2-7-18-10/h2-3,7H,4-6,8-9H2,1H3,(H,15,16). The molecule has 0 saturated carbocycles. The van der Waals surface area contributed by atoms with Gasteiger partial charge in [0.05, 0.1) is 0 Å². The molecule has 100 valence electrons. The van der Waals surface area contributed by atoms with Crippen LogP contribution in [0.3, 0.4) is 0 Å². The molecule has 0 aromatic carbocycles. The molecule has 1 amide bonds. The first-order chi connectivity index (χ1) is 8.63. The van der Waals surface area contributed by atoms with E-state index < -0.39 is 5.97 Å². The molecule has 4 nitrogen and oxygen atoms in total. The highest BCUT2D eigenvalue weighted by Crippen LogP contribution is 2.10. The summed E-state index contributed by atoms with van der Waals surface area (Å²) in [6.07, 6.45) is 3.05. The van der Waals surface area contributed by atoms with Crippen LogP contribution in [0.4, 0.5) is 0 Å². The molecule has 1 aromatic rings. The molecule has 0 saturated heterocycles. The van der Waals surface area contributed by atoms with Crippen LogP contribution in [0.15, 0.2) is 17.5 Å². The Labute approximate surface area is 115 Å². The predicted molar refractivity (Wildman–Crippen MR) is 75.2 cm³/mol. The number of thiophene rings is 1. The summed E-state index contributed by atoms with van der Waals surface area (Å²) in [4.78, 5) is 25.2. The van der Waals surface area contributed by atoms with Crippen LogP contribution in [0, 0.1) is 0 Å². The van der Waals surface area contributed by atoms with Crippen molar-refractivity contribution in [3.8, 4) is 0 Å². The van der Waals surface area contributed by atoms with Crippen molar-refractivity contribution in [1.29, 1.82) is 0 Å². The largest absolute Gasteiger partial charge is 0.480 e. The summed E-state index contributed by atoms with van der Waals surface area (Å²) in [7, 11) is 0. The molecule has 0 fully saturated rings. The maximum Gasteiger partial charge on any atom is 0.323 e. The van der Waals surface area contributed by atoms with Crippen LogP contribution in [0.5, 0.6) is 0 Å². The van der Waals surface area contributed by atoms with Crippen molar-refractivity contribution in [2.45, 2.75) is 12.8 Å². The molecule has 0 atom stereocenters. The number of amides is 1. The lowest BCUT2D eigenvalue weighted by atomic mass is 10.3. The zero-order valence-electron chi connectivity index (χ0n) is 10.3. The molecule has 0 aliphatic rings. The number of carboxylic acid groups (broad SMARTS) is 1. The Morgan fingerprint density at radius 3 is 2.83 bits per heavy atom. The Morgan fingerprint density at radius 2 is 2.28 bits per heavy atom. The lowest BCUT2D eigenvalue weighted by Crippen LogP contribution is -2.37. The smallest absolute Gasteiger partial charge is 0.323 e. The van der Waals surface area contributed by atoms with Crippen molar-refractivity contribution < 1.29 is 14.7 Å². The average Bonchev–Trinajstić information content (AvgIpc) is 2.84. The monoisotopic (exact) mass is 287 g/mol. The highest BCUT2D eigenvalue weighted by Gasteiger charge is 2.16. The number of carbonyl (C=O) groups is 2. The Hall–Kier alpha value is -1.01. The molecule has 0 aliphatic carbocycles. The fourth-order valence-corrected chi connectivity index (χ4v) is 2.58. The van der Waals surface area contributed by atoms with Crippen molar-refractivity contribution in [2.75, 3.05) is 25.1 Å². The van der Waals surface area contributed by atoms with Gasteiger partial charge >= 0.3 is 5.97 Å². The molecule has 0 radical (unpaired) electrons. The Morgan fingerprint density at radius 1 is 1.50 bits per heavy atom. The van der Waals surface area contributed by atoms with Crippen molar-refractivity contribution in [1.82, 2.24) is 4.90 Å². The van der Waals surface area contributed by atoms with E-state index in [1.54, 1.807) is 23.1 Å². The van der Waals surface area contributed by atoms with E-state index in [0.717, 1.165) is 12.2 Å². The molecule has 0 spiro atoms. The van der Waals surface area contributed by atoms with E-state index in [9.17, 15) is 9.59 Å². The summed E-state index contributed by atoms with van der Waals surface area (Å²) in [5.41, 5.74) is 0. The van der Waals surface area contributed by atoms with Gasteiger partial charge in [0, 0.05) is 23.6 Å². The zero-order chi connectivity index (χ0) is 13.4. The molecule has 6 heteroatoms. The summed E-state index contributed by atoms with van der Waals surface area (Å²) in [6, 6.07) is 3.95. The van der Waals surface area contributed by atoms with Gasteiger partial charge in [-0.2, -0.15) is 11.8 Å². The molecule has 1 N–H and O–H groups in total. The van der Waals surface area contributed by atoms with Crippen LogP contribution in [-0.2, 0) is 16.0 Å². The second-order valence-electron chi connectivity index (χ2n) is 3.78. The van der Waals surface area contributed by atoms with Gasteiger partial charge in [-0.05, 0) is 24.1 Å². The van der Waals surface area contributed by atoms with Crippen LogP contribution >= 0.6 is 23.1 Å². The summed E-state index contributed by atoms with van der Waals surface area (Å²) in [6.45, 7) is 0.263. The third kappa shape index (κ3) is 5.55. The fourth-order valence-electron chi connectivity index (χ4n) is 1.50. The third-order valence-electron chi connectivity index (χ3n) is 2.41. The average molecular weight is 287 g/mol. The van der Waals surface area contributed by atoms with Crippen LogP contribution in [-0.4, -0.2) is 47.0 Å². The maximum atomic E-state index is 11.8. The van der Waals surface area contributed by atoms with Crippen LogP contribution in [0.2, 0.25) is 0 Å². The number of carboxylic acids is 1. The minimum Gasteiger partial charge on any atom is -0.480 e. The van der Waals surface area contributed by atoms with Gasteiger partial charge in [0.1, 0.15) is 6.54 Å². The lowest BCUT2D eigenvalue weighted by molar-refractivity contribution is -0.144. The van der Waals surface area contributed by atoms with Gasteiger partial charge in [-0.1, -0.05) is 6.07 Å². The molecular formula is C12H17NO3S2. The van der Waals surface area contributed by atoms with Gasteiger partial charge in [0.15, 0.2) is 0 Å². The quantitative estimate of drug-likeness (QED) is 0.794. The van der Waals surface area contributed by atoms with Crippen LogP contribution < -0.4 is 0 Å². The summed E-state index contributed by atoms with van der Waals surface area (Å²) in [5, 5.41) is 10.8. The van der Waals surface area contributed by atoms with Crippen molar-refractivity contribution in [3.63, 3.8) is 0 Å². The predicted octanol–water partition coefficient (Wildman–Crippen LogP) is 1.96. The fraction of sp³-hybridized carbons (Fsp3) is 0.500. The Balaban J connectivity index is 2.49. The summed E-state index contributed by atoms with van der Waals surface area (Å²) in [5.74, 6) is -0.310. The van der Waals surface area contributed by atoms with Gasteiger partial charge in [0.2, 0.25) is 5.91 Å². The van der Waals surface area contributed by atoms with Crippen LogP contribution in [0.1, 0.15) is 11.3 Å². The van der Waals surface area contributed by atoms with E-state index in [1.165, 1.54) is 9.78 Å². The zero-order valence-corrected chi connectivity index (χ0v) is 11.9. The number of nitrogens with zero attached hydrogens (tertiary/aromatic N) is 1. The van der Waals surface area contributed by atoms with E-state index in [-0.39, 0.29) is 12.5 Å². The number of carbonyl (C=O) groups excluding carboxylic acids is 1. The van der Waals surface area contributed by atoms with Gasteiger partial charge < -0.3 is 10.0 Å². The number of aliphatic carboxylic acids is 1. The molecule has 0 aliphatic heterocycles. The van der Waals surface area contributed by atoms with Gasteiger partial charge in [-0.3, -0.25) is 9.59 Å². The second-order valence-corrected chi connectivity index (χ2v) is 5.80. The van der Waals surface area contributed by atoms with Crippen molar-refractivity contribution in [3.05, 3.63) is 22.4 Å². The van der Waals surface area contributed by atoms with E-state index in [1.807, 2.05) is 23.8 Å². The number of hydrogen-bond acceptors (Lipinski definition) is 4. The van der Waals surface area contributed by atoms with E-state index in [4.69, 9.17) is 5.11 Å². The minimum atomic E-state index is -0.960. The molecular weight excluding hydrogens is 270 g/mol. The Bertz CT molecular complexity index is 379. The molecule has 1 rings (SSSR count). The lowest BCUT2D eigenvalue weighted by Gasteiger charge is -2.20. The SMILES string of the molecule is CSCCC(=O)N(CCc1cccs1)CC(=O)O. The van der Waals surface area contributed by atoms with Gasteiger partial charge in [-0.25, -0.2) is 0 Å². The number of rotatable bonds is 8. The van der Waals surface area contributed by atoms with Crippen molar-refractivity contribution >= 4 is 35.0 Å². The molecule has 1 aromatic heterocycles. The summed E-state index contributed by atoms with van der Waals surface area (Å²) < 4.78 is 0. The second kappa shape index (κ2) is 8.16. The normalized spacial score (nSPS) is 10.3. The number of thioether (sulfide) groups is 1. The van der Waals surface area contributed by atoms with Crippen LogP contribution in [0.25, 0.3) is 0 Å². The highest BCUT2D eigenvalue weighted by atomic mass is 32.2. The molecule has 0 unspecified atom stereocenters. The Kier molecular flexibility index (Phi) is 6.82. The van der Waals surface area contributed by atoms with Gasteiger partial charge in [0.25, 0.3) is 0 Å². The van der Waals surface area contributed by atoms with Crippen molar-refractivity contribution in [2.24, 2.45) is 0 Å². The highest BCUT2D eigenvalue weighted by molar-refractivity contribution is 7.98. The summed E-state index contributed by atoms with van der Waals surface area (Å²) >= 11 is 3.21. The first-order valence-corrected chi connectivity index (χ1v) is 7.91. The molecule has 1 heterocycles. The minimum absolute atomic E-state index is 0.0803. The number of hydrogen-bond donors (Lipinski definition) is 1. The maximum absolute atomic E-state index is 11.8.